The van der Waals surface area contributed by atoms with Crippen LogP contribution in [0.3, 0.4) is 0 Å². The standard InChI is InChI=1S/C15H12O2S/c16-13-5-3-11-4-6-14(9-12(11)8-13)17-10-15-2-1-7-18-15/h1-9,16H,10H2. The second-order valence-corrected chi connectivity index (χ2v) is 5.09. The summed E-state index contributed by atoms with van der Waals surface area (Å²) < 4.78 is 5.73. The van der Waals surface area contributed by atoms with E-state index in [-0.39, 0.29) is 5.75 Å². The Labute approximate surface area is 109 Å². The SMILES string of the molecule is Oc1ccc2ccc(OCc3cccs3)cc2c1. The van der Waals surface area contributed by atoms with Gasteiger partial charge in [0.1, 0.15) is 18.1 Å². The molecular weight excluding hydrogens is 244 g/mol. The Morgan fingerprint density at radius 2 is 1.89 bits per heavy atom. The molecule has 0 amide bonds. The first kappa shape index (κ1) is 11.1. The van der Waals surface area contributed by atoms with E-state index in [4.69, 9.17) is 4.74 Å². The minimum absolute atomic E-state index is 0.276. The van der Waals surface area contributed by atoms with Crippen LogP contribution in [0.2, 0.25) is 0 Å². The van der Waals surface area contributed by atoms with E-state index in [2.05, 4.69) is 6.07 Å². The Morgan fingerprint density at radius 3 is 2.72 bits per heavy atom. The second-order valence-electron chi connectivity index (χ2n) is 4.06. The van der Waals surface area contributed by atoms with Crippen LogP contribution >= 0.6 is 11.3 Å². The third-order valence-corrected chi connectivity index (χ3v) is 3.61. The van der Waals surface area contributed by atoms with Crippen molar-refractivity contribution in [3.8, 4) is 11.5 Å². The van der Waals surface area contributed by atoms with Gasteiger partial charge in [-0.15, -0.1) is 11.3 Å². The molecule has 90 valence electrons. The molecular formula is C15H12O2S. The molecule has 0 aliphatic rings. The molecule has 0 atom stereocenters. The largest absolute Gasteiger partial charge is 0.508 e. The van der Waals surface area contributed by atoms with Crippen molar-refractivity contribution in [2.24, 2.45) is 0 Å². The zero-order chi connectivity index (χ0) is 12.4. The second kappa shape index (κ2) is 4.70. The summed E-state index contributed by atoms with van der Waals surface area (Å²) in [5.74, 6) is 1.10. The van der Waals surface area contributed by atoms with Crippen LogP contribution in [-0.2, 0) is 6.61 Å². The zero-order valence-electron chi connectivity index (χ0n) is 9.67. The van der Waals surface area contributed by atoms with Gasteiger partial charge in [0.15, 0.2) is 0 Å². The van der Waals surface area contributed by atoms with E-state index in [9.17, 15) is 5.11 Å². The van der Waals surface area contributed by atoms with Gasteiger partial charge in [-0.25, -0.2) is 0 Å². The minimum atomic E-state index is 0.276. The molecule has 3 rings (SSSR count). The molecule has 0 saturated carbocycles. The van der Waals surface area contributed by atoms with Crippen LogP contribution in [-0.4, -0.2) is 5.11 Å². The average Bonchev–Trinajstić information content (AvgIpc) is 2.89. The molecule has 0 saturated heterocycles. The highest BCUT2D eigenvalue weighted by Crippen LogP contribution is 2.25. The number of rotatable bonds is 3. The van der Waals surface area contributed by atoms with Crippen molar-refractivity contribution in [1.29, 1.82) is 0 Å². The number of hydrogen-bond acceptors (Lipinski definition) is 3. The van der Waals surface area contributed by atoms with Crippen molar-refractivity contribution < 1.29 is 9.84 Å². The highest BCUT2D eigenvalue weighted by molar-refractivity contribution is 7.09. The summed E-state index contributed by atoms with van der Waals surface area (Å²) in [6.07, 6.45) is 0. The summed E-state index contributed by atoms with van der Waals surface area (Å²) in [4.78, 5) is 1.20. The molecule has 18 heavy (non-hydrogen) atoms. The fourth-order valence-electron chi connectivity index (χ4n) is 1.85. The van der Waals surface area contributed by atoms with Crippen molar-refractivity contribution in [3.05, 3.63) is 58.8 Å². The molecule has 3 aromatic rings. The van der Waals surface area contributed by atoms with Gasteiger partial charge < -0.3 is 9.84 Å². The summed E-state index contributed by atoms with van der Waals surface area (Å²) in [6, 6.07) is 15.3. The van der Waals surface area contributed by atoms with Crippen LogP contribution in [0.4, 0.5) is 0 Å². The zero-order valence-corrected chi connectivity index (χ0v) is 10.5. The van der Waals surface area contributed by atoms with Crippen LogP contribution < -0.4 is 4.74 Å². The molecule has 0 unspecified atom stereocenters. The Kier molecular flexibility index (Phi) is 2.90. The molecule has 0 aliphatic heterocycles. The summed E-state index contributed by atoms with van der Waals surface area (Å²) in [5.41, 5.74) is 0. The maximum atomic E-state index is 9.46. The Hall–Kier alpha value is -2.00. The van der Waals surface area contributed by atoms with Gasteiger partial charge in [0.05, 0.1) is 0 Å². The Bertz CT molecular complexity index is 659. The number of aromatic hydroxyl groups is 1. The van der Waals surface area contributed by atoms with Crippen LogP contribution in [0.25, 0.3) is 10.8 Å². The van der Waals surface area contributed by atoms with Gasteiger partial charge in [0, 0.05) is 4.88 Å². The lowest BCUT2D eigenvalue weighted by Crippen LogP contribution is -1.92. The predicted molar refractivity (Wildman–Crippen MR) is 74.3 cm³/mol. The first-order valence-corrected chi connectivity index (χ1v) is 6.57. The third-order valence-electron chi connectivity index (χ3n) is 2.76. The van der Waals surface area contributed by atoms with E-state index in [1.807, 2.05) is 35.7 Å². The van der Waals surface area contributed by atoms with Crippen molar-refractivity contribution in [2.45, 2.75) is 6.61 Å². The Balaban J connectivity index is 1.84. The summed E-state index contributed by atoms with van der Waals surface area (Å²) in [5, 5.41) is 13.6. The molecule has 2 nitrogen and oxygen atoms in total. The molecule has 0 fully saturated rings. The lowest BCUT2D eigenvalue weighted by atomic mass is 10.1. The number of hydrogen-bond donors (Lipinski definition) is 1. The molecule has 0 radical (unpaired) electrons. The van der Waals surface area contributed by atoms with Gasteiger partial charge in [-0.2, -0.15) is 0 Å². The van der Waals surface area contributed by atoms with Gasteiger partial charge in [-0.3, -0.25) is 0 Å². The number of fused-ring (bicyclic) bond motifs is 1. The summed E-state index contributed by atoms with van der Waals surface area (Å²) >= 11 is 1.68. The molecule has 0 spiro atoms. The van der Waals surface area contributed by atoms with Gasteiger partial charge >= 0.3 is 0 Å². The fraction of sp³-hybridized carbons (Fsp3) is 0.0667. The van der Waals surface area contributed by atoms with E-state index in [0.29, 0.717) is 6.61 Å². The van der Waals surface area contributed by atoms with Crippen LogP contribution in [0.5, 0.6) is 11.5 Å². The highest BCUT2D eigenvalue weighted by Gasteiger charge is 2.00. The normalized spacial score (nSPS) is 10.7. The maximum Gasteiger partial charge on any atom is 0.122 e. The maximum absolute atomic E-state index is 9.46. The van der Waals surface area contributed by atoms with Crippen LogP contribution in [0.1, 0.15) is 4.88 Å². The third kappa shape index (κ3) is 2.31. The summed E-state index contributed by atoms with van der Waals surface area (Å²) in [6.45, 7) is 0.585. The number of thiophene rings is 1. The number of phenolic OH excluding ortho intramolecular Hbond substituents is 1. The van der Waals surface area contributed by atoms with E-state index in [1.165, 1.54) is 4.88 Å². The van der Waals surface area contributed by atoms with Crippen LogP contribution in [0.15, 0.2) is 53.9 Å². The fourth-order valence-corrected chi connectivity index (χ4v) is 2.47. The summed E-state index contributed by atoms with van der Waals surface area (Å²) in [7, 11) is 0. The minimum Gasteiger partial charge on any atom is -0.508 e. The van der Waals surface area contributed by atoms with Gasteiger partial charge in [-0.1, -0.05) is 18.2 Å². The van der Waals surface area contributed by atoms with E-state index < -0.39 is 0 Å². The monoisotopic (exact) mass is 256 g/mol. The number of benzene rings is 2. The van der Waals surface area contributed by atoms with Crippen molar-refractivity contribution in [3.63, 3.8) is 0 Å². The number of phenols is 1. The van der Waals surface area contributed by atoms with Crippen LogP contribution in [0, 0.1) is 0 Å². The van der Waals surface area contributed by atoms with Gasteiger partial charge in [-0.05, 0) is 46.5 Å². The average molecular weight is 256 g/mol. The number of ether oxygens (including phenoxy) is 1. The lowest BCUT2D eigenvalue weighted by molar-refractivity contribution is 0.310. The molecule has 1 N–H and O–H groups in total. The van der Waals surface area contributed by atoms with E-state index in [0.717, 1.165) is 16.5 Å². The first-order valence-electron chi connectivity index (χ1n) is 5.69. The van der Waals surface area contributed by atoms with E-state index >= 15 is 0 Å². The highest BCUT2D eigenvalue weighted by atomic mass is 32.1. The van der Waals surface area contributed by atoms with Crippen molar-refractivity contribution >= 4 is 22.1 Å². The molecule has 2 aromatic carbocycles. The molecule has 0 bridgehead atoms. The van der Waals surface area contributed by atoms with Gasteiger partial charge in [0.2, 0.25) is 0 Å². The molecule has 1 aromatic heterocycles. The first-order chi connectivity index (χ1) is 8.81. The quantitative estimate of drug-likeness (QED) is 0.761. The lowest BCUT2D eigenvalue weighted by Gasteiger charge is -2.06. The van der Waals surface area contributed by atoms with Crippen molar-refractivity contribution in [1.82, 2.24) is 0 Å². The Morgan fingerprint density at radius 1 is 1.00 bits per heavy atom. The van der Waals surface area contributed by atoms with E-state index in [1.54, 1.807) is 23.5 Å². The molecule has 1 heterocycles. The van der Waals surface area contributed by atoms with Gasteiger partial charge in [0.25, 0.3) is 0 Å². The topological polar surface area (TPSA) is 29.5 Å². The van der Waals surface area contributed by atoms with Crippen molar-refractivity contribution in [2.75, 3.05) is 0 Å². The molecule has 0 aliphatic carbocycles. The predicted octanol–water partition coefficient (Wildman–Crippen LogP) is 4.19. The molecule has 3 heteroatoms. The smallest absolute Gasteiger partial charge is 0.122 e.